The summed E-state index contributed by atoms with van der Waals surface area (Å²) >= 11 is 3.35. The number of anilines is 1. The van der Waals surface area contributed by atoms with Crippen LogP contribution in [-0.2, 0) is 13.1 Å². The topological polar surface area (TPSA) is 46.3 Å². The van der Waals surface area contributed by atoms with Gasteiger partial charge >= 0.3 is 0 Å². The van der Waals surface area contributed by atoms with Crippen molar-refractivity contribution in [1.29, 1.82) is 0 Å². The monoisotopic (exact) mass is 316 g/mol. The molecule has 2 aromatic rings. The van der Waals surface area contributed by atoms with Gasteiger partial charge in [0.25, 0.3) is 5.91 Å². The lowest BCUT2D eigenvalue weighted by molar-refractivity contribution is 0.0752. The van der Waals surface area contributed by atoms with Crippen molar-refractivity contribution in [3.05, 3.63) is 63.6 Å². The summed E-state index contributed by atoms with van der Waals surface area (Å²) in [6.45, 7) is 1.31. The molecule has 0 radical (unpaired) electrons. The van der Waals surface area contributed by atoms with Gasteiger partial charge in [-0.15, -0.1) is 0 Å². The lowest BCUT2D eigenvalue weighted by atomic mass is 10.1. The second-order valence-corrected chi connectivity index (χ2v) is 5.58. The molecule has 1 heterocycles. The average molecular weight is 317 g/mol. The van der Waals surface area contributed by atoms with E-state index in [1.807, 2.05) is 23.1 Å². The van der Waals surface area contributed by atoms with Crippen LogP contribution in [-0.4, -0.2) is 10.8 Å². The third-order valence-electron chi connectivity index (χ3n) is 3.37. The fourth-order valence-electron chi connectivity index (χ4n) is 2.38. The van der Waals surface area contributed by atoms with Crippen LogP contribution in [0.25, 0.3) is 0 Å². The molecule has 96 valence electrons. The Hall–Kier alpha value is -1.81. The van der Waals surface area contributed by atoms with E-state index in [-0.39, 0.29) is 5.91 Å². The Labute approximate surface area is 120 Å². The molecule has 1 aliphatic rings. The number of fused-ring (bicyclic) bond motifs is 1. The van der Waals surface area contributed by atoms with Gasteiger partial charge in [-0.25, -0.2) is 0 Å². The van der Waals surface area contributed by atoms with Crippen molar-refractivity contribution in [1.82, 2.24) is 4.90 Å². The van der Waals surface area contributed by atoms with Crippen LogP contribution in [0.3, 0.4) is 0 Å². The van der Waals surface area contributed by atoms with Gasteiger partial charge < -0.3 is 10.6 Å². The summed E-state index contributed by atoms with van der Waals surface area (Å²) in [5.74, 6) is -0.0128. The minimum atomic E-state index is -0.0128. The molecule has 19 heavy (non-hydrogen) atoms. The van der Waals surface area contributed by atoms with Crippen LogP contribution in [0.1, 0.15) is 21.5 Å². The highest BCUT2D eigenvalue weighted by Crippen LogP contribution is 2.26. The molecular weight excluding hydrogens is 304 g/mol. The van der Waals surface area contributed by atoms with Crippen LogP contribution in [0.15, 0.2) is 46.9 Å². The van der Waals surface area contributed by atoms with E-state index < -0.39 is 0 Å². The van der Waals surface area contributed by atoms with Gasteiger partial charge in [-0.3, -0.25) is 4.79 Å². The predicted molar refractivity (Wildman–Crippen MR) is 78.6 cm³/mol. The molecule has 1 amide bonds. The standard InChI is InChI=1S/C15H13BrN2O/c16-12-5-6-13(14(17)7-12)15(19)18-8-10-3-1-2-4-11(10)9-18/h1-7H,8-9,17H2. The smallest absolute Gasteiger partial charge is 0.256 e. The van der Waals surface area contributed by atoms with Gasteiger partial charge in [-0.1, -0.05) is 40.2 Å². The van der Waals surface area contributed by atoms with Crippen molar-refractivity contribution in [3.8, 4) is 0 Å². The Morgan fingerprint density at radius 3 is 2.32 bits per heavy atom. The molecule has 3 rings (SSSR count). The Bertz CT molecular complexity index is 629. The van der Waals surface area contributed by atoms with Gasteiger partial charge in [0.1, 0.15) is 0 Å². The average Bonchev–Trinajstić information content (AvgIpc) is 2.81. The van der Waals surface area contributed by atoms with Gasteiger partial charge in [0.15, 0.2) is 0 Å². The lowest BCUT2D eigenvalue weighted by Gasteiger charge is -2.16. The summed E-state index contributed by atoms with van der Waals surface area (Å²) in [5, 5.41) is 0. The Balaban J connectivity index is 1.87. The number of hydrogen-bond donors (Lipinski definition) is 1. The van der Waals surface area contributed by atoms with E-state index in [1.54, 1.807) is 12.1 Å². The quantitative estimate of drug-likeness (QED) is 0.821. The Morgan fingerprint density at radius 1 is 1.11 bits per heavy atom. The molecule has 4 heteroatoms. The fraction of sp³-hybridized carbons (Fsp3) is 0.133. The highest BCUT2D eigenvalue weighted by atomic mass is 79.9. The van der Waals surface area contributed by atoms with Crippen LogP contribution in [0, 0.1) is 0 Å². The summed E-state index contributed by atoms with van der Waals surface area (Å²) in [6, 6.07) is 13.5. The Morgan fingerprint density at radius 2 is 1.74 bits per heavy atom. The molecule has 0 saturated carbocycles. The zero-order valence-corrected chi connectivity index (χ0v) is 11.9. The van der Waals surface area contributed by atoms with E-state index in [4.69, 9.17) is 5.73 Å². The molecule has 1 aliphatic heterocycles. The summed E-state index contributed by atoms with van der Waals surface area (Å²) in [4.78, 5) is 14.3. The number of halogens is 1. The third-order valence-corrected chi connectivity index (χ3v) is 3.87. The SMILES string of the molecule is Nc1cc(Br)ccc1C(=O)N1Cc2ccccc2C1. The summed E-state index contributed by atoms with van der Waals surface area (Å²) in [6.07, 6.45) is 0. The van der Waals surface area contributed by atoms with Crippen LogP contribution >= 0.6 is 15.9 Å². The highest BCUT2D eigenvalue weighted by Gasteiger charge is 2.24. The number of carbonyl (C=O) groups excluding carboxylic acids is 1. The molecule has 0 unspecified atom stereocenters. The summed E-state index contributed by atoms with van der Waals surface area (Å²) in [5.41, 5.74) is 9.42. The minimum absolute atomic E-state index is 0.0128. The van der Waals surface area contributed by atoms with Crippen molar-refractivity contribution in [3.63, 3.8) is 0 Å². The van der Waals surface area contributed by atoms with Gasteiger partial charge in [-0.05, 0) is 29.3 Å². The number of amides is 1. The largest absolute Gasteiger partial charge is 0.398 e. The van der Waals surface area contributed by atoms with Crippen molar-refractivity contribution >= 4 is 27.5 Å². The maximum Gasteiger partial charge on any atom is 0.256 e. The number of nitrogen functional groups attached to an aromatic ring is 1. The zero-order valence-electron chi connectivity index (χ0n) is 10.3. The lowest BCUT2D eigenvalue weighted by Crippen LogP contribution is -2.26. The van der Waals surface area contributed by atoms with Gasteiger partial charge in [-0.2, -0.15) is 0 Å². The molecule has 0 bridgehead atoms. The van der Waals surface area contributed by atoms with Crippen molar-refractivity contribution in [2.45, 2.75) is 13.1 Å². The van der Waals surface area contributed by atoms with Gasteiger partial charge in [0.2, 0.25) is 0 Å². The summed E-state index contributed by atoms with van der Waals surface area (Å²) < 4.78 is 0.881. The second kappa shape index (κ2) is 4.70. The molecule has 2 aromatic carbocycles. The Kier molecular flexibility index (Phi) is 3.03. The second-order valence-electron chi connectivity index (χ2n) is 4.66. The van der Waals surface area contributed by atoms with Gasteiger partial charge in [0, 0.05) is 23.2 Å². The first-order valence-electron chi connectivity index (χ1n) is 6.06. The molecular formula is C15H13BrN2O. The third kappa shape index (κ3) is 2.24. The van der Waals surface area contributed by atoms with E-state index >= 15 is 0 Å². The highest BCUT2D eigenvalue weighted by molar-refractivity contribution is 9.10. The molecule has 0 saturated heterocycles. The number of benzene rings is 2. The number of hydrogen-bond acceptors (Lipinski definition) is 2. The molecule has 0 spiro atoms. The maximum absolute atomic E-state index is 12.5. The molecule has 2 N–H and O–H groups in total. The fourth-order valence-corrected chi connectivity index (χ4v) is 2.75. The number of carbonyl (C=O) groups is 1. The van der Waals surface area contributed by atoms with Crippen LogP contribution in [0.2, 0.25) is 0 Å². The number of rotatable bonds is 1. The van der Waals surface area contributed by atoms with Crippen molar-refractivity contribution in [2.24, 2.45) is 0 Å². The normalized spacial score (nSPS) is 13.4. The molecule has 3 nitrogen and oxygen atoms in total. The summed E-state index contributed by atoms with van der Waals surface area (Å²) in [7, 11) is 0. The molecule has 0 atom stereocenters. The van der Waals surface area contributed by atoms with Gasteiger partial charge in [0.05, 0.1) is 5.56 Å². The van der Waals surface area contributed by atoms with Crippen molar-refractivity contribution < 1.29 is 4.79 Å². The van der Waals surface area contributed by atoms with E-state index in [1.165, 1.54) is 11.1 Å². The maximum atomic E-state index is 12.5. The van der Waals surface area contributed by atoms with Crippen LogP contribution < -0.4 is 5.73 Å². The zero-order chi connectivity index (χ0) is 13.4. The minimum Gasteiger partial charge on any atom is -0.398 e. The van der Waals surface area contributed by atoms with E-state index in [0.717, 1.165) is 4.47 Å². The van der Waals surface area contributed by atoms with E-state index in [2.05, 4.69) is 28.1 Å². The first kappa shape index (κ1) is 12.2. The van der Waals surface area contributed by atoms with Crippen LogP contribution in [0.5, 0.6) is 0 Å². The number of nitrogens with zero attached hydrogens (tertiary/aromatic N) is 1. The predicted octanol–water partition coefficient (Wildman–Crippen LogP) is 3.19. The van der Waals surface area contributed by atoms with Crippen molar-refractivity contribution in [2.75, 3.05) is 5.73 Å². The molecule has 0 aliphatic carbocycles. The van der Waals surface area contributed by atoms with Crippen LogP contribution in [0.4, 0.5) is 5.69 Å². The molecule has 0 fully saturated rings. The molecule has 0 aromatic heterocycles. The van der Waals surface area contributed by atoms with E-state index in [9.17, 15) is 4.79 Å². The van der Waals surface area contributed by atoms with E-state index in [0.29, 0.717) is 24.3 Å². The first-order chi connectivity index (χ1) is 9.15. The first-order valence-corrected chi connectivity index (χ1v) is 6.85. The number of nitrogens with two attached hydrogens (primary N) is 1.